The molecule has 0 saturated carbocycles. The molecule has 0 atom stereocenters. The van der Waals surface area contributed by atoms with Crippen LogP contribution in [0.25, 0.3) is 0 Å². The Morgan fingerprint density at radius 2 is 1.59 bits per heavy atom. The number of primary amides is 1. The summed E-state index contributed by atoms with van der Waals surface area (Å²) in [6.07, 6.45) is 0. The van der Waals surface area contributed by atoms with E-state index in [0.717, 1.165) is 11.1 Å². The number of carbonyl (C=O) groups is 3. The highest BCUT2D eigenvalue weighted by atomic mass is 16.2. The van der Waals surface area contributed by atoms with E-state index < -0.39 is 5.91 Å². The molecule has 0 saturated heterocycles. The Kier molecular flexibility index (Phi) is 7.51. The van der Waals surface area contributed by atoms with Crippen LogP contribution in [0.2, 0.25) is 0 Å². The molecule has 0 aliphatic heterocycles. The molecule has 7 nitrogen and oxygen atoms in total. The van der Waals surface area contributed by atoms with Crippen LogP contribution < -0.4 is 16.4 Å². The molecular weight excluding hydrogens is 344 g/mol. The number of benzene rings is 2. The van der Waals surface area contributed by atoms with Gasteiger partial charge in [0.25, 0.3) is 5.91 Å². The van der Waals surface area contributed by atoms with Gasteiger partial charge in [-0.25, -0.2) is 0 Å². The van der Waals surface area contributed by atoms with E-state index in [1.54, 1.807) is 24.3 Å². The van der Waals surface area contributed by atoms with Gasteiger partial charge in [0, 0.05) is 18.7 Å². The van der Waals surface area contributed by atoms with Gasteiger partial charge in [-0.1, -0.05) is 42.5 Å². The highest BCUT2D eigenvalue weighted by molar-refractivity contribution is 5.96. The third-order valence-electron chi connectivity index (χ3n) is 3.84. The SMILES string of the molecule is CN(CC(=O)NCc1ccc(C(=O)NCC(N)=O)cc1)Cc1ccccc1. The van der Waals surface area contributed by atoms with Gasteiger partial charge in [0.1, 0.15) is 0 Å². The van der Waals surface area contributed by atoms with Gasteiger partial charge in [-0.3, -0.25) is 19.3 Å². The maximum atomic E-state index is 12.1. The summed E-state index contributed by atoms with van der Waals surface area (Å²) in [4.78, 5) is 36.5. The zero-order chi connectivity index (χ0) is 19.6. The van der Waals surface area contributed by atoms with E-state index in [9.17, 15) is 14.4 Å². The Labute approximate surface area is 158 Å². The summed E-state index contributed by atoms with van der Waals surface area (Å²) < 4.78 is 0. The normalized spacial score (nSPS) is 10.4. The van der Waals surface area contributed by atoms with Crippen molar-refractivity contribution in [1.82, 2.24) is 15.5 Å². The largest absolute Gasteiger partial charge is 0.368 e. The van der Waals surface area contributed by atoms with Gasteiger partial charge in [0.15, 0.2) is 0 Å². The molecular formula is C20H24N4O3. The number of likely N-dealkylation sites (N-methyl/N-ethyl adjacent to an activating group) is 1. The number of nitrogens with one attached hydrogen (secondary N) is 2. The number of hydrogen-bond donors (Lipinski definition) is 3. The van der Waals surface area contributed by atoms with Crippen LogP contribution in [0, 0.1) is 0 Å². The van der Waals surface area contributed by atoms with Crippen LogP contribution in [0.3, 0.4) is 0 Å². The maximum Gasteiger partial charge on any atom is 0.251 e. The summed E-state index contributed by atoms with van der Waals surface area (Å²) in [5.41, 5.74) is 7.44. The van der Waals surface area contributed by atoms with Crippen molar-refractivity contribution in [1.29, 1.82) is 0 Å². The number of nitrogens with two attached hydrogens (primary N) is 1. The molecule has 0 unspecified atom stereocenters. The molecule has 0 spiro atoms. The molecule has 0 radical (unpaired) electrons. The lowest BCUT2D eigenvalue weighted by atomic mass is 10.1. The van der Waals surface area contributed by atoms with E-state index in [1.807, 2.05) is 42.3 Å². The Hall–Kier alpha value is -3.19. The van der Waals surface area contributed by atoms with Crippen LogP contribution in [0.1, 0.15) is 21.5 Å². The fraction of sp³-hybridized carbons (Fsp3) is 0.250. The average Bonchev–Trinajstić information content (AvgIpc) is 2.65. The van der Waals surface area contributed by atoms with E-state index >= 15 is 0 Å². The van der Waals surface area contributed by atoms with Gasteiger partial charge < -0.3 is 16.4 Å². The van der Waals surface area contributed by atoms with Gasteiger partial charge in [-0.05, 0) is 30.3 Å². The molecule has 3 amide bonds. The molecule has 4 N–H and O–H groups in total. The standard InChI is InChI=1S/C20H24N4O3/c1-24(13-16-5-3-2-4-6-16)14-19(26)22-11-15-7-9-17(10-8-15)20(27)23-12-18(21)25/h2-10H,11-14H2,1H3,(H2,21,25)(H,22,26)(H,23,27). The molecule has 0 heterocycles. The molecule has 2 aromatic rings. The van der Waals surface area contributed by atoms with Crippen molar-refractivity contribution in [2.75, 3.05) is 20.1 Å². The third kappa shape index (κ3) is 7.29. The lowest BCUT2D eigenvalue weighted by Crippen LogP contribution is -2.34. The number of rotatable bonds is 9. The monoisotopic (exact) mass is 368 g/mol. The second-order valence-electron chi connectivity index (χ2n) is 6.28. The van der Waals surface area contributed by atoms with E-state index in [4.69, 9.17) is 5.73 Å². The van der Waals surface area contributed by atoms with Crippen molar-refractivity contribution in [3.63, 3.8) is 0 Å². The van der Waals surface area contributed by atoms with Crippen LogP contribution in [0.15, 0.2) is 54.6 Å². The zero-order valence-electron chi connectivity index (χ0n) is 15.3. The first-order valence-corrected chi connectivity index (χ1v) is 8.58. The van der Waals surface area contributed by atoms with E-state index in [1.165, 1.54) is 0 Å². The van der Waals surface area contributed by atoms with Crippen LogP contribution >= 0.6 is 0 Å². The molecule has 27 heavy (non-hydrogen) atoms. The molecule has 0 aliphatic carbocycles. The number of hydrogen-bond acceptors (Lipinski definition) is 4. The second-order valence-corrected chi connectivity index (χ2v) is 6.28. The summed E-state index contributed by atoms with van der Waals surface area (Å²) in [6.45, 7) is 1.17. The topological polar surface area (TPSA) is 105 Å². The first-order chi connectivity index (χ1) is 12.9. The van der Waals surface area contributed by atoms with Crippen LogP contribution in [0.4, 0.5) is 0 Å². The fourth-order valence-corrected chi connectivity index (χ4v) is 2.50. The van der Waals surface area contributed by atoms with Crippen LogP contribution in [-0.4, -0.2) is 42.8 Å². The number of nitrogens with zero attached hydrogens (tertiary/aromatic N) is 1. The van der Waals surface area contributed by atoms with Crippen molar-refractivity contribution in [2.24, 2.45) is 5.73 Å². The Bertz CT molecular complexity index is 776. The minimum atomic E-state index is -0.597. The number of carbonyl (C=O) groups excluding carboxylic acids is 3. The molecule has 7 heteroatoms. The van der Waals surface area contributed by atoms with Crippen molar-refractivity contribution in [2.45, 2.75) is 13.1 Å². The van der Waals surface area contributed by atoms with E-state index in [0.29, 0.717) is 25.2 Å². The lowest BCUT2D eigenvalue weighted by Gasteiger charge is -2.16. The summed E-state index contributed by atoms with van der Waals surface area (Å²) in [5, 5.41) is 5.28. The lowest BCUT2D eigenvalue weighted by molar-refractivity contribution is -0.122. The highest BCUT2D eigenvalue weighted by Gasteiger charge is 2.08. The smallest absolute Gasteiger partial charge is 0.251 e. The average molecular weight is 368 g/mol. The molecule has 0 bridgehead atoms. The van der Waals surface area contributed by atoms with E-state index in [-0.39, 0.29) is 18.4 Å². The van der Waals surface area contributed by atoms with Gasteiger partial charge in [-0.15, -0.1) is 0 Å². The van der Waals surface area contributed by atoms with Crippen molar-refractivity contribution >= 4 is 17.7 Å². The Balaban J connectivity index is 1.76. The van der Waals surface area contributed by atoms with Gasteiger partial charge >= 0.3 is 0 Å². The van der Waals surface area contributed by atoms with Crippen molar-refractivity contribution in [3.05, 3.63) is 71.3 Å². The van der Waals surface area contributed by atoms with E-state index in [2.05, 4.69) is 10.6 Å². The first-order valence-electron chi connectivity index (χ1n) is 8.58. The highest BCUT2D eigenvalue weighted by Crippen LogP contribution is 2.05. The molecule has 2 aromatic carbocycles. The minimum absolute atomic E-state index is 0.0725. The molecule has 0 aromatic heterocycles. The van der Waals surface area contributed by atoms with Gasteiger partial charge in [-0.2, -0.15) is 0 Å². The first kappa shape index (κ1) is 20.1. The molecule has 142 valence electrons. The summed E-state index contributed by atoms with van der Waals surface area (Å²) >= 11 is 0. The summed E-state index contributed by atoms with van der Waals surface area (Å²) in [7, 11) is 1.89. The predicted molar refractivity (Wildman–Crippen MR) is 103 cm³/mol. The summed E-state index contributed by atoms with van der Waals surface area (Å²) in [5.74, 6) is -1.04. The number of amides is 3. The minimum Gasteiger partial charge on any atom is -0.368 e. The van der Waals surface area contributed by atoms with Crippen molar-refractivity contribution in [3.8, 4) is 0 Å². The maximum absolute atomic E-state index is 12.1. The third-order valence-corrected chi connectivity index (χ3v) is 3.84. The molecule has 2 rings (SSSR count). The summed E-state index contributed by atoms with van der Waals surface area (Å²) in [6, 6.07) is 16.7. The van der Waals surface area contributed by atoms with Crippen LogP contribution in [0.5, 0.6) is 0 Å². The molecule has 0 aliphatic rings. The fourth-order valence-electron chi connectivity index (χ4n) is 2.50. The second kappa shape index (κ2) is 10.1. The Morgan fingerprint density at radius 1 is 0.926 bits per heavy atom. The molecule has 0 fully saturated rings. The zero-order valence-corrected chi connectivity index (χ0v) is 15.3. The Morgan fingerprint density at radius 3 is 2.22 bits per heavy atom. The van der Waals surface area contributed by atoms with Gasteiger partial charge in [0.2, 0.25) is 11.8 Å². The van der Waals surface area contributed by atoms with Crippen molar-refractivity contribution < 1.29 is 14.4 Å². The quantitative estimate of drug-likeness (QED) is 0.604. The van der Waals surface area contributed by atoms with Gasteiger partial charge in [0.05, 0.1) is 13.1 Å². The van der Waals surface area contributed by atoms with Crippen LogP contribution in [-0.2, 0) is 22.7 Å². The predicted octanol–water partition coefficient (Wildman–Crippen LogP) is 0.650.